The van der Waals surface area contributed by atoms with E-state index in [1.807, 2.05) is 11.5 Å². The van der Waals surface area contributed by atoms with E-state index in [0.717, 1.165) is 0 Å². The van der Waals surface area contributed by atoms with Gasteiger partial charge in [0.25, 0.3) is 0 Å². The lowest BCUT2D eigenvalue weighted by Gasteiger charge is -2.09. The summed E-state index contributed by atoms with van der Waals surface area (Å²) in [6, 6.07) is 12.8. The number of ether oxygens (including phenoxy) is 1. The Bertz CT molecular complexity index is 949. The number of hydrogen-bond acceptors (Lipinski definition) is 5. The molecule has 0 unspecified atom stereocenters. The molecule has 2 aromatic carbocycles. The van der Waals surface area contributed by atoms with Gasteiger partial charge in [-0.25, -0.2) is 4.39 Å². The predicted octanol–water partition coefficient (Wildman–Crippen LogP) is 4.40. The number of nitrogens with one attached hydrogen (secondary N) is 1. The SMILES string of the molecule is CCn1c(COc2ccc(F)cc2)nnc1SCC(=O)Nc1ccccc1Cl. The van der Waals surface area contributed by atoms with Gasteiger partial charge in [0.15, 0.2) is 11.0 Å². The second-order valence-corrected chi connectivity index (χ2v) is 7.05. The highest BCUT2D eigenvalue weighted by atomic mass is 35.5. The van der Waals surface area contributed by atoms with Crippen molar-refractivity contribution in [3.8, 4) is 5.75 Å². The Morgan fingerprint density at radius 3 is 2.68 bits per heavy atom. The molecule has 1 heterocycles. The number of carbonyl (C=O) groups is 1. The van der Waals surface area contributed by atoms with Gasteiger partial charge in [0, 0.05) is 6.54 Å². The Morgan fingerprint density at radius 2 is 1.96 bits per heavy atom. The van der Waals surface area contributed by atoms with Crippen molar-refractivity contribution in [2.75, 3.05) is 11.1 Å². The van der Waals surface area contributed by atoms with E-state index < -0.39 is 0 Å². The van der Waals surface area contributed by atoms with E-state index in [0.29, 0.717) is 34.0 Å². The van der Waals surface area contributed by atoms with Gasteiger partial charge in [0.05, 0.1) is 16.5 Å². The van der Waals surface area contributed by atoms with Crippen molar-refractivity contribution in [2.24, 2.45) is 0 Å². The number of benzene rings is 2. The zero-order valence-corrected chi connectivity index (χ0v) is 16.6. The molecular formula is C19H18ClFN4O2S. The van der Waals surface area contributed by atoms with Crippen LogP contribution in [0.3, 0.4) is 0 Å². The molecule has 0 aliphatic carbocycles. The third kappa shape index (κ3) is 5.24. The van der Waals surface area contributed by atoms with Crippen LogP contribution in [0.15, 0.2) is 53.7 Å². The minimum Gasteiger partial charge on any atom is -0.486 e. The van der Waals surface area contributed by atoms with Gasteiger partial charge in [-0.2, -0.15) is 0 Å². The molecule has 0 bridgehead atoms. The maximum absolute atomic E-state index is 13.0. The average molecular weight is 421 g/mol. The molecule has 1 amide bonds. The van der Waals surface area contributed by atoms with Gasteiger partial charge in [-0.15, -0.1) is 10.2 Å². The van der Waals surface area contributed by atoms with E-state index in [1.54, 1.807) is 36.4 Å². The molecule has 1 aromatic heterocycles. The second-order valence-electron chi connectivity index (χ2n) is 5.70. The molecule has 3 aromatic rings. The minimum atomic E-state index is -0.321. The van der Waals surface area contributed by atoms with Gasteiger partial charge in [0.2, 0.25) is 5.91 Å². The second kappa shape index (κ2) is 9.57. The molecule has 1 N–H and O–H groups in total. The number of anilines is 1. The predicted molar refractivity (Wildman–Crippen MR) is 107 cm³/mol. The first-order valence-corrected chi connectivity index (χ1v) is 9.90. The number of aromatic nitrogens is 3. The van der Waals surface area contributed by atoms with Crippen LogP contribution in [0, 0.1) is 5.82 Å². The van der Waals surface area contributed by atoms with Crippen molar-refractivity contribution >= 4 is 35.0 Å². The molecular weight excluding hydrogens is 403 g/mol. The van der Waals surface area contributed by atoms with Crippen molar-refractivity contribution in [3.05, 3.63) is 65.2 Å². The summed E-state index contributed by atoms with van der Waals surface area (Å²) >= 11 is 7.33. The lowest BCUT2D eigenvalue weighted by atomic mass is 10.3. The maximum atomic E-state index is 13.0. The number of nitrogens with zero attached hydrogens (tertiary/aromatic N) is 3. The van der Waals surface area contributed by atoms with Gasteiger partial charge in [0.1, 0.15) is 18.2 Å². The van der Waals surface area contributed by atoms with E-state index >= 15 is 0 Å². The quantitative estimate of drug-likeness (QED) is 0.547. The van der Waals surface area contributed by atoms with Gasteiger partial charge in [-0.1, -0.05) is 35.5 Å². The maximum Gasteiger partial charge on any atom is 0.234 e. The summed E-state index contributed by atoms with van der Waals surface area (Å²) in [6.07, 6.45) is 0. The van der Waals surface area contributed by atoms with Crippen molar-refractivity contribution in [1.29, 1.82) is 0 Å². The van der Waals surface area contributed by atoms with Gasteiger partial charge < -0.3 is 14.6 Å². The van der Waals surface area contributed by atoms with Crippen LogP contribution < -0.4 is 10.1 Å². The van der Waals surface area contributed by atoms with Crippen LogP contribution in [-0.4, -0.2) is 26.4 Å². The molecule has 0 atom stereocenters. The number of thioether (sulfide) groups is 1. The highest BCUT2D eigenvalue weighted by Crippen LogP contribution is 2.22. The molecule has 0 spiro atoms. The lowest BCUT2D eigenvalue weighted by molar-refractivity contribution is -0.113. The summed E-state index contributed by atoms with van der Waals surface area (Å²) in [5.74, 6) is 0.828. The van der Waals surface area contributed by atoms with Crippen molar-refractivity contribution in [2.45, 2.75) is 25.2 Å². The van der Waals surface area contributed by atoms with Crippen LogP contribution >= 0.6 is 23.4 Å². The Hall–Kier alpha value is -2.58. The molecule has 0 saturated heterocycles. The van der Waals surface area contributed by atoms with E-state index in [9.17, 15) is 9.18 Å². The fraction of sp³-hybridized carbons (Fsp3) is 0.211. The topological polar surface area (TPSA) is 69.0 Å². The Morgan fingerprint density at radius 1 is 1.21 bits per heavy atom. The van der Waals surface area contributed by atoms with Crippen LogP contribution in [0.5, 0.6) is 5.75 Å². The summed E-state index contributed by atoms with van der Waals surface area (Å²) in [5, 5.41) is 12.2. The molecule has 0 aliphatic rings. The molecule has 28 heavy (non-hydrogen) atoms. The zero-order valence-electron chi connectivity index (χ0n) is 15.1. The largest absolute Gasteiger partial charge is 0.486 e. The Balaban J connectivity index is 1.58. The summed E-state index contributed by atoms with van der Waals surface area (Å²) in [5.41, 5.74) is 0.570. The van der Waals surface area contributed by atoms with Crippen LogP contribution in [0.2, 0.25) is 5.02 Å². The first-order chi connectivity index (χ1) is 13.6. The first-order valence-electron chi connectivity index (χ1n) is 8.54. The van der Waals surface area contributed by atoms with Crippen LogP contribution in [0.1, 0.15) is 12.7 Å². The van der Waals surface area contributed by atoms with Crippen molar-refractivity contribution in [3.63, 3.8) is 0 Å². The van der Waals surface area contributed by atoms with Gasteiger partial charge >= 0.3 is 0 Å². The highest BCUT2D eigenvalue weighted by Gasteiger charge is 2.14. The minimum absolute atomic E-state index is 0.169. The fourth-order valence-electron chi connectivity index (χ4n) is 2.41. The fourth-order valence-corrected chi connectivity index (χ4v) is 3.41. The van der Waals surface area contributed by atoms with Crippen LogP contribution in [0.4, 0.5) is 10.1 Å². The van der Waals surface area contributed by atoms with Crippen LogP contribution in [-0.2, 0) is 17.9 Å². The number of amides is 1. The van der Waals surface area contributed by atoms with E-state index in [1.165, 1.54) is 23.9 Å². The molecule has 0 radical (unpaired) electrons. The molecule has 6 nitrogen and oxygen atoms in total. The van der Waals surface area contributed by atoms with Gasteiger partial charge in [-0.05, 0) is 43.3 Å². The summed E-state index contributed by atoms with van der Waals surface area (Å²) in [6.45, 7) is 2.78. The number of rotatable bonds is 8. The normalized spacial score (nSPS) is 10.7. The Kier molecular flexibility index (Phi) is 6.89. The average Bonchev–Trinajstić information content (AvgIpc) is 3.09. The number of hydrogen-bond donors (Lipinski definition) is 1. The molecule has 9 heteroatoms. The highest BCUT2D eigenvalue weighted by molar-refractivity contribution is 7.99. The Labute approximate surface area is 171 Å². The number of para-hydroxylation sites is 1. The summed E-state index contributed by atoms with van der Waals surface area (Å²) < 4.78 is 20.5. The summed E-state index contributed by atoms with van der Waals surface area (Å²) in [7, 11) is 0. The van der Waals surface area contributed by atoms with E-state index in [-0.39, 0.29) is 24.1 Å². The summed E-state index contributed by atoms with van der Waals surface area (Å²) in [4.78, 5) is 12.2. The number of halogens is 2. The molecule has 3 rings (SSSR count). The standard InChI is InChI=1S/C19H18ClFN4O2S/c1-2-25-17(11-27-14-9-7-13(21)8-10-14)23-24-19(25)28-12-18(26)22-16-6-4-3-5-15(16)20/h3-10H,2,11-12H2,1H3,(H,22,26). The molecule has 0 saturated carbocycles. The van der Waals surface area contributed by atoms with Crippen molar-refractivity contribution in [1.82, 2.24) is 14.8 Å². The molecule has 0 aliphatic heterocycles. The zero-order chi connectivity index (χ0) is 19.9. The number of carbonyl (C=O) groups excluding carboxylic acids is 1. The first kappa shape index (κ1) is 20.2. The van der Waals surface area contributed by atoms with Crippen molar-refractivity contribution < 1.29 is 13.9 Å². The molecule has 146 valence electrons. The smallest absolute Gasteiger partial charge is 0.234 e. The van der Waals surface area contributed by atoms with Gasteiger partial charge in [-0.3, -0.25) is 4.79 Å². The third-order valence-corrected chi connectivity index (χ3v) is 5.07. The monoisotopic (exact) mass is 420 g/mol. The molecule has 0 fully saturated rings. The van der Waals surface area contributed by atoms with E-state index in [2.05, 4.69) is 15.5 Å². The lowest BCUT2D eigenvalue weighted by Crippen LogP contribution is -2.15. The van der Waals surface area contributed by atoms with E-state index in [4.69, 9.17) is 16.3 Å². The third-order valence-electron chi connectivity index (χ3n) is 3.77. The van der Waals surface area contributed by atoms with Crippen LogP contribution in [0.25, 0.3) is 0 Å².